The Morgan fingerprint density at radius 2 is 1.86 bits per heavy atom. The van der Waals surface area contributed by atoms with Crippen LogP contribution in [0.5, 0.6) is 11.5 Å². The highest BCUT2D eigenvalue weighted by atomic mass is 16.7. The number of carbonyl (C=O) groups is 3. The Kier molecular flexibility index (Phi) is 4.21. The largest absolute Gasteiger partial charge is 0.454 e. The second kappa shape index (κ2) is 6.89. The third-order valence-electron chi connectivity index (χ3n) is 5.27. The van der Waals surface area contributed by atoms with Gasteiger partial charge in [-0.3, -0.25) is 19.3 Å². The van der Waals surface area contributed by atoms with Gasteiger partial charge in [0.2, 0.25) is 6.79 Å². The van der Waals surface area contributed by atoms with Crippen molar-refractivity contribution < 1.29 is 28.6 Å². The first-order chi connectivity index (χ1) is 14.1. The van der Waals surface area contributed by atoms with Gasteiger partial charge in [0.1, 0.15) is 0 Å². The maximum atomic E-state index is 12.7. The lowest BCUT2D eigenvalue weighted by Gasteiger charge is -2.17. The summed E-state index contributed by atoms with van der Waals surface area (Å²) in [6.45, 7) is 1.04. The van der Waals surface area contributed by atoms with Crippen molar-refractivity contribution in [1.29, 1.82) is 0 Å². The average Bonchev–Trinajstić information content (AvgIpc) is 3.45. The van der Waals surface area contributed by atoms with E-state index in [1.807, 2.05) is 0 Å². The van der Waals surface area contributed by atoms with E-state index in [1.54, 1.807) is 24.3 Å². The zero-order valence-corrected chi connectivity index (χ0v) is 15.5. The Balaban J connectivity index is 1.34. The first kappa shape index (κ1) is 17.7. The van der Waals surface area contributed by atoms with Crippen LogP contribution in [0.1, 0.15) is 43.9 Å². The molecule has 3 aliphatic rings. The van der Waals surface area contributed by atoms with Gasteiger partial charge in [-0.15, -0.1) is 0 Å². The number of nitrogens with zero attached hydrogens (tertiary/aromatic N) is 1. The second-order valence-corrected chi connectivity index (χ2v) is 7.14. The molecule has 2 aromatic rings. The number of rotatable bonds is 4. The lowest BCUT2D eigenvalue weighted by molar-refractivity contribution is 0.0475. The van der Waals surface area contributed by atoms with Crippen LogP contribution in [0.3, 0.4) is 0 Å². The van der Waals surface area contributed by atoms with E-state index < -0.39 is 5.91 Å². The molecule has 3 amide bonds. The van der Waals surface area contributed by atoms with Crippen LogP contribution < -0.4 is 14.8 Å². The molecule has 0 aromatic heterocycles. The maximum absolute atomic E-state index is 12.7. The summed E-state index contributed by atoms with van der Waals surface area (Å²) in [5.41, 5.74) is 1.39. The van der Waals surface area contributed by atoms with Gasteiger partial charge in [0.15, 0.2) is 11.5 Å². The fourth-order valence-electron chi connectivity index (χ4n) is 3.77. The molecule has 0 aliphatic carbocycles. The molecule has 1 atom stereocenters. The molecule has 1 saturated heterocycles. The number of hydrogen-bond donors (Lipinski definition) is 1. The van der Waals surface area contributed by atoms with Crippen LogP contribution in [0.25, 0.3) is 0 Å². The molecule has 0 spiro atoms. The topological polar surface area (TPSA) is 94.2 Å². The van der Waals surface area contributed by atoms with Crippen LogP contribution in [0.4, 0.5) is 5.69 Å². The summed E-state index contributed by atoms with van der Waals surface area (Å²) in [5, 5.41) is 2.77. The molecule has 1 fully saturated rings. The highest BCUT2D eigenvalue weighted by Crippen LogP contribution is 2.34. The average molecular weight is 394 g/mol. The third-order valence-corrected chi connectivity index (χ3v) is 5.27. The molecule has 8 nitrogen and oxygen atoms in total. The molecule has 29 heavy (non-hydrogen) atoms. The van der Waals surface area contributed by atoms with Gasteiger partial charge in [0.05, 0.1) is 23.8 Å². The predicted octanol–water partition coefficient (Wildman–Crippen LogP) is 2.44. The quantitative estimate of drug-likeness (QED) is 0.801. The van der Waals surface area contributed by atoms with Crippen molar-refractivity contribution in [2.75, 3.05) is 25.3 Å². The minimum absolute atomic E-state index is 0.119. The summed E-state index contributed by atoms with van der Waals surface area (Å²) in [6, 6.07) is 9.63. The van der Waals surface area contributed by atoms with Gasteiger partial charge < -0.3 is 19.5 Å². The monoisotopic (exact) mass is 394 g/mol. The van der Waals surface area contributed by atoms with Gasteiger partial charge in [-0.25, -0.2) is 0 Å². The number of benzene rings is 2. The highest BCUT2D eigenvalue weighted by Gasteiger charge is 2.38. The Labute approximate surface area is 166 Å². The molecule has 0 radical (unpaired) electrons. The van der Waals surface area contributed by atoms with Crippen molar-refractivity contribution >= 4 is 23.4 Å². The van der Waals surface area contributed by atoms with E-state index in [9.17, 15) is 14.4 Å². The zero-order valence-electron chi connectivity index (χ0n) is 15.5. The first-order valence-corrected chi connectivity index (χ1v) is 9.43. The van der Waals surface area contributed by atoms with E-state index in [-0.39, 0.29) is 36.8 Å². The molecule has 8 heteroatoms. The van der Waals surface area contributed by atoms with Crippen LogP contribution in [-0.2, 0) is 4.74 Å². The van der Waals surface area contributed by atoms with E-state index in [2.05, 4.69) is 5.32 Å². The summed E-state index contributed by atoms with van der Waals surface area (Å²) in [7, 11) is 0. The molecule has 5 rings (SSSR count). The summed E-state index contributed by atoms with van der Waals surface area (Å²) < 4.78 is 16.1. The van der Waals surface area contributed by atoms with Gasteiger partial charge in [-0.1, -0.05) is 0 Å². The molecule has 0 saturated carbocycles. The van der Waals surface area contributed by atoms with Crippen molar-refractivity contribution in [1.82, 2.24) is 4.90 Å². The second-order valence-electron chi connectivity index (χ2n) is 7.14. The van der Waals surface area contributed by atoms with E-state index in [1.165, 1.54) is 17.0 Å². The van der Waals surface area contributed by atoms with Crippen LogP contribution in [0.15, 0.2) is 36.4 Å². The van der Waals surface area contributed by atoms with Crippen molar-refractivity contribution in [3.8, 4) is 11.5 Å². The molecule has 0 unspecified atom stereocenters. The zero-order chi connectivity index (χ0) is 20.0. The third kappa shape index (κ3) is 3.11. The molecule has 0 bridgehead atoms. The molecule has 3 aliphatic heterocycles. The number of hydrogen-bond acceptors (Lipinski definition) is 6. The molecular formula is C21H18N2O6. The van der Waals surface area contributed by atoms with Crippen LogP contribution in [0, 0.1) is 0 Å². The number of ether oxygens (including phenoxy) is 3. The number of imide groups is 1. The lowest BCUT2D eigenvalue weighted by atomic mass is 10.1. The molecule has 1 N–H and O–H groups in total. The molecule has 148 valence electrons. The fourth-order valence-corrected chi connectivity index (χ4v) is 3.77. The van der Waals surface area contributed by atoms with Crippen molar-refractivity contribution in [2.45, 2.75) is 18.9 Å². The van der Waals surface area contributed by atoms with Crippen LogP contribution >= 0.6 is 0 Å². The van der Waals surface area contributed by atoms with Crippen LogP contribution in [0.2, 0.25) is 0 Å². The SMILES string of the molecule is O=C(Nc1ccc2c(c1)OCO2)c1ccc2c(c1)C(=O)N(C[C@H]1CCCO1)C2=O. The van der Waals surface area contributed by atoms with Crippen LogP contribution in [-0.4, -0.2) is 48.7 Å². The van der Waals surface area contributed by atoms with Crippen molar-refractivity contribution in [3.63, 3.8) is 0 Å². The Morgan fingerprint density at radius 1 is 1.03 bits per heavy atom. The number of nitrogens with one attached hydrogen (secondary N) is 1. The summed E-state index contributed by atoms with van der Waals surface area (Å²) in [4.78, 5) is 39.2. The molecule has 2 aromatic carbocycles. The molecular weight excluding hydrogens is 376 g/mol. The van der Waals surface area contributed by atoms with E-state index in [0.717, 1.165) is 12.8 Å². The van der Waals surface area contributed by atoms with E-state index in [0.29, 0.717) is 34.9 Å². The predicted molar refractivity (Wildman–Crippen MR) is 101 cm³/mol. The fraction of sp³-hybridized carbons (Fsp3) is 0.286. The van der Waals surface area contributed by atoms with E-state index in [4.69, 9.17) is 14.2 Å². The minimum Gasteiger partial charge on any atom is -0.454 e. The van der Waals surface area contributed by atoms with Gasteiger partial charge in [-0.2, -0.15) is 0 Å². The minimum atomic E-state index is -0.391. The van der Waals surface area contributed by atoms with E-state index >= 15 is 0 Å². The first-order valence-electron chi connectivity index (χ1n) is 9.43. The summed E-state index contributed by atoms with van der Waals surface area (Å²) in [6.07, 6.45) is 1.64. The van der Waals surface area contributed by atoms with Gasteiger partial charge >= 0.3 is 0 Å². The number of fused-ring (bicyclic) bond motifs is 2. The number of anilines is 1. The number of amides is 3. The van der Waals surface area contributed by atoms with Gasteiger partial charge in [-0.05, 0) is 43.2 Å². The Hall–Kier alpha value is -3.39. The Morgan fingerprint density at radius 3 is 2.69 bits per heavy atom. The standard InChI is InChI=1S/C21H18N2O6/c24-19(22-13-4-6-17-18(9-13)29-11-28-17)12-3-5-15-16(8-12)21(26)23(20(15)25)10-14-2-1-7-27-14/h3-6,8-9,14H,1-2,7,10-11H2,(H,22,24)/t14-/m1/s1. The Bertz CT molecular complexity index is 1030. The van der Waals surface area contributed by atoms with Crippen molar-refractivity contribution in [2.24, 2.45) is 0 Å². The van der Waals surface area contributed by atoms with Gasteiger partial charge in [0, 0.05) is 23.9 Å². The maximum Gasteiger partial charge on any atom is 0.261 e. The normalized spacial score (nSPS) is 19.6. The number of carbonyl (C=O) groups excluding carboxylic acids is 3. The lowest BCUT2D eigenvalue weighted by Crippen LogP contribution is -2.36. The van der Waals surface area contributed by atoms with Crippen molar-refractivity contribution in [3.05, 3.63) is 53.1 Å². The summed E-state index contributed by atoms with van der Waals surface area (Å²) in [5.74, 6) is 0.0595. The highest BCUT2D eigenvalue weighted by molar-refractivity contribution is 6.22. The van der Waals surface area contributed by atoms with Gasteiger partial charge in [0.25, 0.3) is 17.7 Å². The molecule has 3 heterocycles. The smallest absolute Gasteiger partial charge is 0.261 e. The summed E-state index contributed by atoms with van der Waals surface area (Å²) >= 11 is 0.